The Morgan fingerprint density at radius 3 is 2.55 bits per heavy atom. The lowest BCUT2D eigenvalue weighted by molar-refractivity contribution is -0.118. The SMILES string of the molecule is COc1cc(Cl)ccc1NC(=O)COc1ccc(C2NC(=O)c3ccccc3N2)cc1OC. The zero-order chi connectivity index (χ0) is 23.4. The minimum absolute atomic E-state index is 0.164. The van der Waals surface area contributed by atoms with Crippen molar-refractivity contribution in [3.8, 4) is 17.2 Å². The summed E-state index contributed by atoms with van der Waals surface area (Å²) in [5.41, 5.74) is 2.60. The van der Waals surface area contributed by atoms with Gasteiger partial charge in [-0.3, -0.25) is 9.59 Å². The van der Waals surface area contributed by atoms with Crippen LogP contribution in [0.3, 0.4) is 0 Å². The molecule has 0 aromatic heterocycles. The van der Waals surface area contributed by atoms with Crippen LogP contribution in [-0.4, -0.2) is 32.6 Å². The third kappa shape index (κ3) is 4.96. The molecular weight excluding hydrogens is 446 g/mol. The molecule has 0 bridgehead atoms. The molecule has 0 radical (unpaired) electrons. The van der Waals surface area contributed by atoms with Crippen LogP contribution in [0.1, 0.15) is 22.1 Å². The molecule has 0 spiro atoms. The summed E-state index contributed by atoms with van der Waals surface area (Å²) >= 11 is 5.95. The normalized spacial score (nSPS) is 14.4. The number of anilines is 2. The van der Waals surface area contributed by atoms with Gasteiger partial charge in [-0.1, -0.05) is 29.8 Å². The minimum Gasteiger partial charge on any atom is -0.495 e. The van der Waals surface area contributed by atoms with E-state index in [1.165, 1.54) is 14.2 Å². The zero-order valence-electron chi connectivity index (χ0n) is 18.0. The Bertz CT molecular complexity index is 1200. The monoisotopic (exact) mass is 467 g/mol. The largest absolute Gasteiger partial charge is 0.495 e. The highest BCUT2D eigenvalue weighted by molar-refractivity contribution is 6.30. The molecule has 2 amide bonds. The third-order valence-electron chi connectivity index (χ3n) is 5.06. The van der Waals surface area contributed by atoms with Crippen LogP contribution in [0.4, 0.5) is 11.4 Å². The first-order chi connectivity index (χ1) is 16.0. The fourth-order valence-corrected chi connectivity index (χ4v) is 3.62. The minimum atomic E-state index is -0.434. The molecule has 8 nitrogen and oxygen atoms in total. The van der Waals surface area contributed by atoms with Gasteiger partial charge in [0.05, 0.1) is 25.5 Å². The van der Waals surface area contributed by atoms with Crippen LogP contribution in [0, 0.1) is 0 Å². The van der Waals surface area contributed by atoms with E-state index >= 15 is 0 Å². The van der Waals surface area contributed by atoms with E-state index < -0.39 is 6.17 Å². The maximum Gasteiger partial charge on any atom is 0.262 e. The predicted octanol–water partition coefficient (Wildman–Crippen LogP) is 4.23. The maximum atomic E-state index is 12.4. The van der Waals surface area contributed by atoms with Crippen LogP contribution in [0.15, 0.2) is 60.7 Å². The molecular formula is C24H22ClN3O5. The van der Waals surface area contributed by atoms with Crippen LogP contribution in [0.5, 0.6) is 17.2 Å². The molecule has 0 saturated heterocycles. The average Bonchev–Trinajstić information content (AvgIpc) is 2.83. The van der Waals surface area contributed by atoms with Crippen molar-refractivity contribution in [2.45, 2.75) is 6.17 Å². The van der Waals surface area contributed by atoms with E-state index in [-0.39, 0.29) is 18.4 Å². The van der Waals surface area contributed by atoms with Gasteiger partial charge in [0, 0.05) is 16.8 Å². The molecule has 1 aliphatic rings. The van der Waals surface area contributed by atoms with E-state index in [9.17, 15) is 9.59 Å². The third-order valence-corrected chi connectivity index (χ3v) is 5.30. The van der Waals surface area contributed by atoms with Crippen molar-refractivity contribution >= 4 is 34.8 Å². The Morgan fingerprint density at radius 1 is 0.970 bits per heavy atom. The summed E-state index contributed by atoms with van der Waals surface area (Å²) in [6, 6.07) is 17.4. The number of hydrogen-bond donors (Lipinski definition) is 3. The Balaban J connectivity index is 1.43. The van der Waals surface area contributed by atoms with Crippen LogP contribution in [-0.2, 0) is 4.79 Å². The number of fused-ring (bicyclic) bond motifs is 1. The second-order valence-electron chi connectivity index (χ2n) is 7.19. The summed E-state index contributed by atoms with van der Waals surface area (Å²) in [4.78, 5) is 24.8. The van der Waals surface area contributed by atoms with Gasteiger partial charge in [-0.05, 0) is 42.0 Å². The first-order valence-corrected chi connectivity index (χ1v) is 10.5. The molecule has 1 unspecified atom stereocenters. The van der Waals surface area contributed by atoms with Gasteiger partial charge in [0.1, 0.15) is 11.9 Å². The lowest BCUT2D eigenvalue weighted by atomic mass is 10.1. The fraction of sp³-hybridized carbons (Fsp3) is 0.167. The number of carbonyl (C=O) groups is 2. The van der Waals surface area contributed by atoms with E-state index in [0.717, 1.165) is 11.3 Å². The maximum absolute atomic E-state index is 12.4. The lowest BCUT2D eigenvalue weighted by Gasteiger charge is -2.28. The summed E-state index contributed by atoms with van der Waals surface area (Å²) < 4.78 is 16.3. The second kappa shape index (κ2) is 9.70. The van der Waals surface area contributed by atoms with Crippen molar-refractivity contribution < 1.29 is 23.8 Å². The second-order valence-corrected chi connectivity index (χ2v) is 7.62. The first-order valence-electron chi connectivity index (χ1n) is 10.1. The van der Waals surface area contributed by atoms with Crippen molar-refractivity contribution in [1.29, 1.82) is 0 Å². The smallest absolute Gasteiger partial charge is 0.262 e. The molecule has 0 saturated carbocycles. The summed E-state index contributed by atoms with van der Waals surface area (Å²) in [5, 5.41) is 9.44. The standard InChI is InChI=1S/C24H22ClN3O5/c1-31-20-12-15(25)8-9-18(20)26-22(29)13-33-19-10-7-14(11-21(19)32-2)23-27-17-6-4-3-5-16(17)24(30)28-23/h3-12,23,27H,13H2,1-2H3,(H,26,29)(H,28,30). The van der Waals surface area contributed by atoms with Crippen molar-refractivity contribution in [1.82, 2.24) is 5.32 Å². The molecule has 1 heterocycles. The summed E-state index contributed by atoms with van der Waals surface area (Å²) in [6.45, 7) is -0.243. The number of methoxy groups -OCH3 is 2. The molecule has 4 rings (SSSR count). The topological polar surface area (TPSA) is 97.9 Å². The highest BCUT2D eigenvalue weighted by Gasteiger charge is 2.25. The first kappa shape index (κ1) is 22.3. The van der Waals surface area contributed by atoms with Crippen molar-refractivity contribution in [2.24, 2.45) is 0 Å². The number of nitrogens with one attached hydrogen (secondary N) is 3. The molecule has 0 fully saturated rings. The number of rotatable bonds is 7. The molecule has 33 heavy (non-hydrogen) atoms. The van der Waals surface area contributed by atoms with Crippen molar-refractivity contribution in [3.63, 3.8) is 0 Å². The Hall–Kier alpha value is -3.91. The Labute approximate surface area is 195 Å². The van der Waals surface area contributed by atoms with Gasteiger partial charge in [-0.15, -0.1) is 0 Å². The summed E-state index contributed by atoms with van der Waals surface area (Å²) in [5.74, 6) is 0.727. The highest BCUT2D eigenvalue weighted by Crippen LogP contribution is 2.33. The number of benzene rings is 3. The molecule has 170 valence electrons. The van der Waals surface area contributed by atoms with Gasteiger partial charge in [-0.2, -0.15) is 0 Å². The van der Waals surface area contributed by atoms with Crippen LogP contribution >= 0.6 is 11.6 Å². The quantitative estimate of drug-likeness (QED) is 0.481. The number of amides is 2. The Morgan fingerprint density at radius 2 is 1.76 bits per heavy atom. The zero-order valence-corrected chi connectivity index (χ0v) is 18.7. The van der Waals surface area contributed by atoms with Crippen LogP contribution in [0.25, 0.3) is 0 Å². The Kier molecular flexibility index (Phi) is 6.55. The van der Waals surface area contributed by atoms with Gasteiger partial charge >= 0.3 is 0 Å². The molecule has 0 aliphatic carbocycles. The number of para-hydroxylation sites is 1. The van der Waals surface area contributed by atoms with Gasteiger partial charge in [0.15, 0.2) is 18.1 Å². The molecule has 1 aliphatic heterocycles. The molecule has 3 aromatic carbocycles. The summed E-state index contributed by atoms with van der Waals surface area (Å²) in [7, 11) is 3.00. The predicted molar refractivity (Wildman–Crippen MR) is 125 cm³/mol. The van der Waals surface area contributed by atoms with Crippen molar-refractivity contribution in [2.75, 3.05) is 31.5 Å². The number of carbonyl (C=O) groups excluding carboxylic acids is 2. The van der Waals surface area contributed by atoms with E-state index in [1.807, 2.05) is 18.2 Å². The molecule has 9 heteroatoms. The summed E-state index contributed by atoms with van der Waals surface area (Å²) in [6.07, 6.45) is -0.434. The van der Waals surface area contributed by atoms with E-state index in [0.29, 0.717) is 33.5 Å². The molecule has 3 aromatic rings. The van der Waals surface area contributed by atoms with Crippen LogP contribution < -0.4 is 30.2 Å². The van der Waals surface area contributed by atoms with Crippen LogP contribution in [0.2, 0.25) is 5.02 Å². The molecule has 3 N–H and O–H groups in total. The highest BCUT2D eigenvalue weighted by atomic mass is 35.5. The van der Waals surface area contributed by atoms with Gasteiger partial charge in [0.2, 0.25) is 0 Å². The molecule has 1 atom stereocenters. The van der Waals surface area contributed by atoms with Gasteiger partial charge in [-0.25, -0.2) is 0 Å². The lowest BCUT2D eigenvalue weighted by Crippen LogP contribution is -2.38. The average molecular weight is 468 g/mol. The van der Waals surface area contributed by atoms with E-state index in [4.69, 9.17) is 25.8 Å². The fourth-order valence-electron chi connectivity index (χ4n) is 3.45. The van der Waals surface area contributed by atoms with Gasteiger partial charge < -0.3 is 30.2 Å². The number of ether oxygens (including phenoxy) is 3. The van der Waals surface area contributed by atoms with Crippen molar-refractivity contribution in [3.05, 3.63) is 76.8 Å². The number of hydrogen-bond acceptors (Lipinski definition) is 6. The van der Waals surface area contributed by atoms with Gasteiger partial charge in [0.25, 0.3) is 11.8 Å². The van der Waals surface area contributed by atoms with E-state index in [2.05, 4.69) is 16.0 Å². The number of halogens is 1. The van der Waals surface area contributed by atoms with E-state index in [1.54, 1.807) is 42.5 Å².